The molecule has 0 atom stereocenters. The van der Waals surface area contributed by atoms with Gasteiger partial charge >= 0.3 is 0 Å². The first-order chi connectivity index (χ1) is 4.63. The lowest BCUT2D eigenvalue weighted by atomic mass is 10.2. The van der Waals surface area contributed by atoms with Crippen LogP contribution in [-0.4, -0.2) is 27.5 Å². The summed E-state index contributed by atoms with van der Waals surface area (Å²) in [6.07, 6.45) is 4.07. The Morgan fingerprint density at radius 1 is 1.20 bits per heavy atom. The van der Waals surface area contributed by atoms with Crippen molar-refractivity contribution in [2.45, 2.75) is 21.2 Å². The van der Waals surface area contributed by atoms with E-state index in [1.54, 1.807) is 0 Å². The summed E-state index contributed by atoms with van der Waals surface area (Å²) in [4.78, 5) is 2.25. The highest BCUT2D eigenvalue weighted by Gasteiger charge is 1.96. The average Bonchev–Trinajstić information content (AvgIpc) is 1.79. The summed E-state index contributed by atoms with van der Waals surface area (Å²) < 4.78 is 0.817. The molecule has 1 nitrogen and oxygen atoms in total. The van der Waals surface area contributed by atoms with Gasteiger partial charge in [-0.3, -0.25) is 0 Å². The summed E-state index contributed by atoms with van der Waals surface area (Å²) in [6, 6.07) is 0. The van der Waals surface area contributed by atoms with Crippen molar-refractivity contribution in [1.82, 2.24) is 4.90 Å². The predicted octanol–water partition coefficient (Wildman–Crippen LogP) is 2.91. The highest BCUT2D eigenvalue weighted by Crippen LogP contribution is 2.16. The molecule has 0 aliphatic carbocycles. The summed E-state index contributed by atoms with van der Waals surface area (Å²) in [5.41, 5.74) is 0. The molecule has 0 saturated heterocycles. The summed E-state index contributed by atoms with van der Waals surface area (Å²) in [6.45, 7) is 1.24. The van der Waals surface area contributed by atoms with Gasteiger partial charge in [-0.2, -0.15) is 0 Å². The molecule has 0 radical (unpaired) electrons. The van der Waals surface area contributed by atoms with Crippen LogP contribution in [0.5, 0.6) is 0 Å². The topological polar surface area (TPSA) is 3.24 Å². The number of unbranched alkanes of at least 4 members (excludes halogenated alkanes) is 1. The molecule has 0 aliphatic heterocycles. The molecule has 0 heterocycles. The average molecular weight is 367 g/mol. The van der Waals surface area contributed by atoms with E-state index in [4.69, 9.17) is 0 Å². The molecular formula is C7H15I2N. The molecule has 0 aromatic heterocycles. The van der Waals surface area contributed by atoms with Crippen LogP contribution in [-0.2, 0) is 0 Å². The van der Waals surface area contributed by atoms with E-state index >= 15 is 0 Å². The monoisotopic (exact) mass is 367 g/mol. The number of rotatable bonds is 5. The lowest BCUT2D eigenvalue weighted by molar-refractivity contribution is 0.393. The molecule has 3 heteroatoms. The van der Waals surface area contributed by atoms with Crippen LogP contribution in [0.15, 0.2) is 0 Å². The smallest absolute Gasteiger partial charge is 0.0626 e. The first-order valence-electron chi connectivity index (χ1n) is 3.56. The number of nitrogens with zero attached hydrogens (tertiary/aromatic N) is 1. The van der Waals surface area contributed by atoms with Crippen molar-refractivity contribution in [3.05, 3.63) is 0 Å². The van der Waals surface area contributed by atoms with Crippen LogP contribution in [0, 0.1) is 0 Å². The van der Waals surface area contributed by atoms with Crippen LogP contribution >= 0.6 is 45.2 Å². The van der Waals surface area contributed by atoms with E-state index in [0.717, 1.165) is 1.93 Å². The quantitative estimate of drug-likeness (QED) is 0.411. The maximum Gasteiger partial charge on any atom is 0.0626 e. The van der Waals surface area contributed by atoms with Crippen molar-refractivity contribution in [2.24, 2.45) is 0 Å². The van der Waals surface area contributed by atoms with Crippen LogP contribution in [0.25, 0.3) is 0 Å². The molecule has 0 amide bonds. The zero-order valence-corrected chi connectivity index (χ0v) is 10.9. The van der Waals surface area contributed by atoms with Crippen molar-refractivity contribution in [3.63, 3.8) is 0 Å². The summed E-state index contributed by atoms with van der Waals surface area (Å²) >= 11 is 4.95. The number of hydrogen-bond donors (Lipinski definition) is 0. The van der Waals surface area contributed by atoms with Crippen LogP contribution in [0.2, 0.25) is 0 Å². The fraction of sp³-hybridized carbons (Fsp3) is 1.00. The van der Waals surface area contributed by atoms with Gasteiger partial charge in [-0.25, -0.2) is 0 Å². The van der Waals surface area contributed by atoms with Gasteiger partial charge in [-0.05, 0) is 33.5 Å². The van der Waals surface area contributed by atoms with Crippen molar-refractivity contribution < 1.29 is 0 Å². The number of hydrogen-bond acceptors (Lipinski definition) is 1. The Morgan fingerprint density at radius 3 is 2.20 bits per heavy atom. The van der Waals surface area contributed by atoms with Gasteiger partial charge in [0.1, 0.15) is 0 Å². The van der Waals surface area contributed by atoms with Crippen LogP contribution in [0.1, 0.15) is 19.3 Å². The molecule has 0 rings (SSSR count). The molecule has 0 aliphatic rings. The minimum atomic E-state index is 0.817. The minimum Gasteiger partial charge on any atom is -0.309 e. The van der Waals surface area contributed by atoms with E-state index in [1.165, 1.54) is 25.8 Å². The second-order valence-electron chi connectivity index (χ2n) is 2.69. The second kappa shape index (κ2) is 7.09. The maximum atomic E-state index is 2.47. The highest BCUT2D eigenvalue weighted by atomic mass is 127. The molecule has 0 saturated carbocycles. The minimum absolute atomic E-state index is 0.817. The summed E-state index contributed by atoms with van der Waals surface area (Å²) in [7, 11) is 4.26. The van der Waals surface area contributed by atoms with E-state index in [2.05, 4.69) is 64.2 Å². The lowest BCUT2D eigenvalue weighted by Crippen LogP contribution is -2.12. The molecule has 0 bridgehead atoms. The van der Waals surface area contributed by atoms with Gasteiger partial charge in [0.25, 0.3) is 0 Å². The number of halogens is 2. The van der Waals surface area contributed by atoms with Gasteiger partial charge in [0, 0.05) is 0 Å². The fourth-order valence-corrected chi connectivity index (χ4v) is 1.61. The van der Waals surface area contributed by atoms with Gasteiger partial charge in [-0.1, -0.05) is 51.6 Å². The van der Waals surface area contributed by atoms with Gasteiger partial charge in [0.05, 0.1) is 1.93 Å². The number of alkyl halides is 2. The molecule has 0 unspecified atom stereocenters. The first kappa shape index (κ1) is 11.4. The maximum absolute atomic E-state index is 2.47. The lowest BCUT2D eigenvalue weighted by Gasteiger charge is -2.08. The van der Waals surface area contributed by atoms with Crippen molar-refractivity contribution in [3.8, 4) is 0 Å². The third kappa shape index (κ3) is 9.42. The standard InChI is InChI=1S/C7H15I2N/c1-10(2)6-4-3-5-7(8)9/h7H,3-6H2,1-2H3. The Labute approximate surface area is 91.2 Å². The molecule has 0 aromatic rings. The molecular weight excluding hydrogens is 352 g/mol. The van der Waals surface area contributed by atoms with Crippen molar-refractivity contribution in [2.75, 3.05) is 20.6 Å². The molecule has 10 heavy (non-hydrogen) atoms. The largest absolute Gasteiger partial charge is 0.309 e. The first-order valence-corrected chi connectivity index (χ1v) is 6.05. The third-order valence-corrected chi connectivity index (χ3v) is 2.52. The Hall–Kier alpha value is 1.42. The molecule has 0 spiro atoms. The van der Waals surface area contributed by atoms with Crippen molar-refractivity contribution >= 4 is 45.2 Å². The van der Waals surface area contributed by atoms with E-state index < -0.39 is 0 Å². The van der Waals surface area contributed by atoms with E-state index in [9.17, 15) is 0 Å². The summed E-state index contributed by atoms with van der Waals surface area (Å²) in [5, 5.41) is 0. The second-order valence-corrected chi connectivity index (χ2v) is 8.08. The zero-order valence-electron chi connectivity index (χ0n) is 6.61. The van der Waals surface area contributed by atoms with Crippen LogP contribution in [0.3, 0.4) is 0 Å². The SMILES string of the molecule is CN(C)CCCCC(I)I. The van der Waals surface area contributed by atoms with Gasteiger partial charge in [-0.15, -0.1) is 0 Å². The van der Waals surface area contributed by atoms with Crippen LogP contribution in [0.4, 0.5) is 0 Å². The fourth-order valence-electron chi connectivity index (χ4n) is 0.727. The highest BCUT2D eigenvalue weighted by molar-refractivity contribution is 14.2. The normalized spacial score (nSPS) is 11.4. The molecule has 0 N–H and O–H groups in total. The third-order valence-electron chi connectivity index (χ3n) is 1.28. The van der Waals surface area contributed by atoms with Gasteiger partial charge in [0.15, 0.2) is 0 Å². The summed E-state index contributed by atoms with van der Waals surface area (Å²) in [5.74, 6) is 0. The Morgan fingerprint density at radius 2 is 1.80 bits per heavy atom. The Kier molecular flexibility index (Phi) is 8.10. The Bertz CT molecular complexity index is 64.0. The van der Waals surface area contributed by atoms with Crippen LogP contribution < -0.4 is 0 Å². The van der Waals surface area contributed by atoms with E-state index in [-0.39, 0.29) is 0 Å². The van der Waals surface area contributed by atoms with E-state index in [0.29, 0.717) is 0 Å². The molecule has 0 fully saturated rings. The molecule has 62 valence electrons. The molecule has 0 aromatic carbocycles. The Balaban J connectivity index is 2.91. The van der Waals surface area contributed by atoms with E-state index in [1.807, 2.05) is 0 Å². The zero-order chi connectivity index (χ0) is 7.98. The van der Waals surface area contributed by atoms with Gasteiger partial charge in [0.2, 0.25) is 0 Å². The van der Waals surface area contributed by atoms with Gasteiger partial charge < -0.3 is 4.90 Å². The van der Waals surface area contributed by atoms with Crippen molar-refractivity contribution in [1.29, 1.82) is 0 Å². The predicted molar refractivity (Wildman–Crippen MR) is 64.2 cm³/mol.